The molecule has 100 valence electrons. The highest BCUT2D eigenvalue weighted by molar-refractivity contribution is 7.99. The Morgan fingerprint density at radius 2 is 1.95 bits per heavy atom. The van der Waals surface area contributed by atoms with E-state index in [1.165, 1.54) is 17.8 Å². The van der Waals surface area contributed by atoms with Crippen LogP contribution in [-0.4, -0.2) is 7.05 Å². The molecule has 0 spiro atoms. The fraction of sp³-hybridized carbons (Fsp3) is 0.200. The van der Waals surface area contributed by atoms with Gasteiger partial charge in [0.15, 0.2) is 0 Å². The lowest BCUT2D eigenvalue weighted by Gasteiger charge is -2.16. The van der Waals surface area contributed by atoms with E-state index in [1.807, 2.05) is 44.3 Å². The molecule has 0 heterocycles. The van der Waals surface area contributed by atoms with E-state index in [9.17, 15) is 4.39 Å². The van der Waals surface area contributed by atoms with Crippen molar-refractivity contribution < 1.29 is 4.39 Å². The standard InChI is InChI=1S/C15H15ClFNS/c1-10(18-2)13-7-4-8-14(17)15(13)19-12-6-3-5-11(16)9-12/h3-10,18H,1-2H3. The molecule has 1 nitrogen and oxygen atoms in total. The van der Waals surface area contributed by atoms with Crippen molar-refractivity contribution in [3.05, 3.63) is 58.9 Å². The van der Waals surface area contributed by atoms with Crippen LogP contribution in [0.5, 0.6) is 0 Å². The van der Waals surface area contributed by atoms with Gasteiger partial charge >= 0.3 is 0 Å². The largest absolute Gasteiger partial charge is 0.313 e. The number of hydrogen-bond acceptors (Lipinski definition) is 2. The third kappa shape index (κ3) is 3.50. The van der Waals surface area contributed by atoms with E-state index in [0.717, 1.165) is 10.5 Å². The molecule has 0 aliphatic carbocycles. The molecule has 0 fully saturated rings. The van der Waals surface area contributed by atoms with Crippen molar-refractivity contribution in [2.75, 3.05) is 7.05 Å². The van der Waals surface area contributed by atoms with Crippen LogP contribution < -0.4 is 5.32 Å². The molecule has 19 heavy (non-hydrogen) atoms. The zero-order valence-electron chi connectivity index (χ0n) is 10.8. The first-order valence-electron chi connectivity index (χ1n) is 6.01. The third-order valence-corrected chi connectivity index (χ3v) is 4.27. The molecule has 2 aromatic carbocycles. The quantitative estimate of drug-likeness (QED) is 0.860. The predicted octanol–water partition coefficient (Wildman–Crippen LogP) is 4.91. The second kappa shape index (κ2) is 6.42. The number of hydrogen-bond donors (Lipinski definition) is 1. The highest BCUT2D eigenvalue weighted by Gasteiger charge is 2.14. The van der Waals surface area contributed by atoms with E-state index in [-0.39, 0.29) is 11.9 Å². The van der Waals surface area contributed by atoms with E-state index in [1.54, 1.807) is 6.07 Å². The lowest BCUT2D eigenvalue weighted by molar-refractivity contribution is 0.576. The van der Waals surface area contributed by atoms with Gasteiger partial charge in [0.2, 0.25) is 0 Å². The van der Waals surface area contributed by atoms with Crippen molar-refractivity contribution in [1.29, 1.82) is 0 Å². The van der Waals surface area contributed by atoms with Crippen molar-refractivity contribution in [1.82, 2.24) is 5.32 Å². The predicted molar refractivity (Wildman–Crippen MR) is 79.4 cm³/mol. The van der Waals surface area contributed by atoms with Crippen LogP contribution in [-0.2, 0) is 0 Å². The molecule has 0 aliphatic rings. The lowest BCUT2D eigenvalue weighted by atomic mass is 10.1. The first-order chi connectivity index (χ1) is 9.11. The summed E-state index contributed by atoms with van der Waals surface area (Å²) in [5.41, 5.74) is 0.951. The highest BCUT2D eigenvalue weighted by Crippen LogP contribution is 2.36. The van der Waals surface area contributed by atoms with Crippen LogP contribution in [0.25, 0.3) is 0 Å². The van der Waals surface area contributed by atoms with E-state index >= 15 is 0 Å². The van der Waals surface area contributed by atoms with E-state index in [4.69, 9.17) is 11.6 Å². The summed E-state index contributed by atoms with van der Waals surface area (Å²) in [6.45, 7) is 2.01. The molecular formula is C15H15ClFNS. The molecule has 1 atom stereocenters. The minimum atomic E-state index is -0.204. The molecule has 2 rings (SSSR count). The summed E-state index contributed by atoms with van der Waals surface area (Å²) in [5.74, 6) is -0.204. The van der Waals surface area contributed by atoms with Crippen LogP contribution in [0.2, 0.25) is 5.02 Å². The Morgan fingerprint density at radius 1 is 1.21 bits per heavy atom. The Morgan fingerprint density at radius 3 is 2.63 bits per heavy atom. The van der Waals surface area contributed by atoms with Crippen molar-refractivity contribution in [3.8, 4) is 0 Å². The topological polar surface area (TPSA) is 12.0 Å². The van der Waals surface area contributed by atoms with Crippen LogP contribution in [0, 0.1) is 5.82 Å². The van der Waals surface area contributed by atoms with Crippen molar-refractivity contribution in [2.45, 2.75) is 22.8 Å². The zero-order valence-corrected chi connectivity index (χ0v) is 12.4. The molecule has 1 unspecified atom stereocenters. The van der Waals surface area contributed by atoms with Crippen LogP contribution in [0.4, 0.5) is 4.39 Å². The Hall–Kier alpha value is -1.03. The zero-order chi connectivity index (χ0) is 13.8. The van der Waals surface area contributed by atoms with Gasteiger partial charge in [0.05, 0.1) is 4.90 Å². The maximum Gasteiger partial charge on any atom is 0.137 e. The minimum absolute atomic E-state index is 0.0948. The van der Waals surface area contributed by atoms with Gasteiger partial charge < -0.3 is 5.32 Å². The van der Waals surface area contributed by atoms with E-state index in [0.29, 0.717) is 9.92 Å². The van der Waals surface area contributed by atoms with Gasteiger partial charge in [-0.25, -0.2) is 4.39 Å². The summed E-state index contributed by atoms with van der Waals surface area (Å²) in [6, 6.07) is 12.7. The van der Waals surface area contributed by atoms with Gasteiger partial charge in [-0.2, -0.15) is 0 Å². The summed E-state index contributed by atoms with van der Waals surface area (Å²) in [7, 11) is 1.86. The van der Waals surface area contributed by atoms with Gasteiger partial charge in [0, 0.05) is 16.0 Å². The molecule has 0 amide bonds. The van der Waals surface area contributed by atoms with Gasteiger partial charge in [-0.3, -0.25) is 0 Å². The first-order valence-corrected chi connectivity index (χ1v) is 7.20. The maximum absolute atomic E-state index is 14.1. The number of benzene rings is 2. The molecule has 0 aliphatic heterocycles. The lowest BCUT2D eigenvalue weighted by Crippen LogP contribution is -2.13. The molecule has 0 saturated carbocycles. The first kappa shape index (κ1) is 14.4. The number of halogens is 2. The molecule has 0 aromatic heterocycles. The van der Waals surface area contributed by atoms with Gasteiger partial charge in [0.25, 0.3) is 0 Å². The Balaban J connectivity index is 2.38. The fourth-order valence-corrected chi connectivity index (χ4v) is 3.13. The number of rotatable bonds is 4. The monoisotopic (exact) mass is 295 g/mol. The van der Waals surface area contributed by atoms with Crippen molar-refractivity contribution in [3.63, 3.8) is 0 Å². The summed E-state index contributed by atoms with van der Waals surface area (Å²) < 4.78 is 14.1. The normalized spacial score (nSPS) is 12.4. The average molecular weight is 296 g/mol. The van der Waals surface area contributed by atoms with Gasteiger partial charge in [-0.05, 0) is 43.8 Å². The van der Waals surface area contributed by atoms with Crippen LogP contribution in [0.15, 0.2) is 52.3 Å². The van der Waals surface area contributed by atoms with Gasteiger partial charge in [-0.1, -0.05) is 41.6 Å². The second-order valence-corrected chi connectivity index (χ2v) is 5.75. The molecule has 0 radical (unpaired) electrons. The fourth-order valence-electron chi connectivity index (χ4n) is 1.78. The van der Waals surface area contributed by atoms with Gasteiger partial charge in [-0.15, -0.1) is 0 Å². The second-order valence-electron chi connectivity index (χ2n) is 4.23. The molecule has 0 saturated heterocycles. The molecule has 2 aromatic rings. The Bertz CT molecular complexity index is 574. The van der Waals surface area contributed by atoms with Crippen LogP contribution in [0.3, 0.4) is 0 Å². The summed E-state index contributed by atoms with van der Waals surface area (Å²) in [6.07, 6.45) is 0. The molecular weight excluding hydrogens is 281 g/mol. The van der Waals surface area contributed by atoms with Crippen molar-refractivity contribution >= 4 is 23.4 Å². The van der Waals surface area contributed by atoms with Gasteiger partial charge in [0.1, 0.15) is 5.82 Å². The van der Waals surface area contributed by atoms with Crippen LogP contribution in [0.1, 0.15) is 18.5 Å². The van der Waals surface area contributed by atoms with Crippen LogP contribution >= 0.6 is 23.4 Å². The SMILES string of the molecule is CNC(C)c1cccc(F)c1Sc1cccc(Cl)c1. The molecule has 0 bridgehead atoms. The third-order valence-electron chi connectivity index (χ3n) is 2.91. The summed E-state index contributed by atoms with van der Waals surface area (Å²) >= 11 is 7.36. The molecule has 1 N–H and O–H groups in total. The smallest absolute Gasteiger partial charge is 0.137 e. The summed E-state index contributed by atoms with van der Waals surface area (Å²) in [4.78, 5) is 1.58. The number of nitrogens with one attached hydrogen (secondary N) is 1. The van der Waals surface area contributed by atoms with E-state index in [2.05, 4.69) is 5.32 Å². The minimum Gasteiger partial charge on any atom is -0.313 e. The summed E-state index contributed by atoms with van der Waals surface area (Å²) in [5, 5.41) is 3.80. The average Bonchev–Trinajstić information content (AvgIpc) is 2.40. The molecule has 4 heteroatoms. The van der Waals surface area contributed by atoms with E-state index < -0.39 is 0 Å². The maximum atomic E-state index is 14.1. The highest BCUT2D eigenvalue weighted by atomic mass is 35.5. The Labute approximate surface area is 122 Å². The Kier molecular flexibility index (Phi) is 4.86. The van der Waals surface area contributed by atoms with Crippen molar-refractivity contribution in [2.24, 2.45) is 0 Å².